The van der Waals surface area contributed by atoms with E-state index in [1.165, 1.54) is 5.56 Å². The maximum absolute atomic E-state index is 11.8. The molecule has 4 atom stereocenters. The number of hydrogen-bond acceptors (Lipinski definition) is 2. The van der Waals surface area contributed by atoms with Crippen molar-refractivity contribution in [2.75, 3.05) is 0 Å². The van der Waals surface area contributed by atoms with Gasteiger partial charge in [-0.05, 0) is 49.5 Å². The lowest BCUT2D eigenvalue weighted by molar-refractivity contribution is -0.168. The van der Waals surface area contributed by atoms with E-state index in [0.717, 1.165) is 19.3 Å². The first-order valence-corrected chi connectivity index (χ1v) is 7.50. The molecule has 1 aromatic carbocycles. The molecular weight excluding hydrogens is 252 g/mol. The summed E-state index contributed by atoms with van der Waals surface area (Å²) in [6, 6.07) is 10.1. The van der Waals surface area contributed by atoms with Gasteiger partial charge in [0, 0.05) is 0 Å². The Hall–Kier alpha value is -1.35. The Labute approximate surface area is 119 Å². The number of rotatable bonds is 3. The van der Waals surface area contributed by atoms with E-state index in [-0.39, 0.29) is 11.8 Å². The van der Waals surface area contributed by atoms with Crippen LogP contribution in [0.2, 0.25) is 0 Å². The zero-order valence-corrected chi connectivity index (χ0v) is 11.9. The summed E-state index contributed by atoms with van der Waals surface area (Å²) in [6.07, 6.45) is 3.62. The number of benzene rings is 1. The molecule has 108 valence electrons. The van der Waals surface area contributed by atoms with Crippen molar-refractivity contribution in [1.82, 2.24) is 0 Å². The first kappa shape index (κ1) is 13.6. The molecule has 3 rings (SSSR count). The summed E-state index contributed by atoms with van der Waals surface area (Å²) in [5.74, 6) is -0.687. The van der Waals surface area contributed by atoms with Gasteiger partial charge in [0.1, 0.15) is 0 Å². The summed E-state index contributed by atoms with van der Waals surface area (Å²) in [5, 5.41) is 20.9. The molecule has 2 fully saturated rings. The van der Waals surface area contributed by atoms with E-state index >= 15 is 0 Å². The summed E-state index contributed by atoms with van der Waals surface area (Å²) in [4.78, 5) is 11.8. The fraction of sp³-hybridized carbons (Fsp3) is 0.588. The molecule has 0 spiro atoms. The van der Waals surface area contributed by atoms with Crippen molar-refractivity contribution >= 4 is 5.97 Å². The third-order valence-corrected chi connectivity index (χ3v) is 5.80. The van der Waals surface area contributed by atoms with Gasteiger partial charge in [0.25, 0.3) is 0 Å². The van der Waals surface area contributed by atoms with Crippen LogP contribution in [0.5, 0.6) is 0 Å². The highest BCUT2D eigenvalue weighted by Crippen LogP contribution is 2.62. The summed E-state index contributed by atoms with van der Waals surface area (Å²) in [7, 11) is 0. The number of aliphatic hydroxyl groups is 1. The van der Waals surface area contributed by atoms with Gasteiger partial charge in [-0.2, -0.15) is 0 Å². The molecule has 0 amide bonds. The summed E-state index contributed by atoms with van der Waals surface area (Å²) in [5.41, 5.74) is -0.771. The topological polar surface area (TPSA) is 57.5 Å². The molecule has 2 aliphatic carbocycles. The monoisotopic (exact) mass is 274 g/mol. The third kappa shape index (κ3) is 1.65. The average molecular weight is 274 g/mol. The SMILES string of the molecule is C[C@H]1CC[C@@]2(C(=O)O)CC[C@H](Cc3ccccc3)[C@@]12O. The minimum absolute atomic E-state index is 0.0542. The van der Waals surface area contributed by atoms with Gasteiger partial charge in [0.15, 0.2) is 0 Å². The van der Waals surface area contributed by atoms with Crippen LogP contribution in [-0.2, 0) is 11.2 Å². The highest BCUT2D eigenvalue weighted by atomic mass is 16.4. The van der Waals surface area contributed by atoms with Crippen molar-refractivity contribution in [3.05, 3.63) is 35.9 Å². The van der Waals surface area contributed by atoms with Gasteiger partial charge in [-0.15, -0.1) is 0 Å². The van der Waals surface area contributed by atoms with Gasteiger partial charge in [-0.3, -0.25) is 4.79 Å². The van der Waals surface area contributed by atoms with Gasteiger partial charge in [0.2, 0.25) is 0 Å². The minimum Gasteiger partial charge on any atom is -0.481 e. The first-order chi connectivity index (χ1) is 9.50. The zero-order valence-electron chi connectivity index (χ0n) is 11.9. The second kappa shape index (κ2) is 4.59. The third-order valence-electron chi connectivity index (χ3n) is 5.80. The van der Waals surface area contributed by atoms with Crippen molar-refractivity contribution in [2.24, 2.45) is 17.3 Å². The van der Waals surface area contributed by atoms with E-state index in [1.54, 1.807) is 0 Å². The van der Waals surface area contributed by atoms with E-state index < -0.39 is 17.0 Å². The van der Waals surface area contributed by atoms with Crippen LogP contribution < -0.4 is 0 Å². The van der Waals surface area contributed by atoms with Gasteiger partial charge in [0.05, 0.1) is 11.0 Å². The minimum atomic E-state index is -1.05. The molecule has 0 aliphatic heterocycles. The highest BCUT2D eigenvalue weighted by molar-refractivity contribution is 5.78. The van der Waals surface area contributed by atoms with E-state index in [9.17, 15) is 15.0 Å². The van der Waals surface area contributed by atoms with E-state index in [2.05, 4.69) is 12.1 Å². The van der Waals surface area contributed by atoms with E-state index in [4.69, 9.17) is 0 Å². The molecule has 1 aromatic rings. The average Bonchev–Trinajstić information content (AvgIpc) is 2.87. The lowest BCUT2D eigenvalue weighted by atomic mass is 9.69. The number of carboxylic acid groups (broad SMARTS) is 1. The Kier molecular flexibility index (Phi) is 3.13. The largest absolute Gasteiger partial charge is 0.481 e. The van der Waals surface area contributed by atoms with Crippen LogP contribution in [0.25, 0.3) is 0 Å². The van der Waals surface area contributed by atoms with Gasteiger partial charge < -0.3 is 10.2 Å². The van der Waals surface area contributed by atoms with Crippen LogP contribution >= 0.6 is 0 Å². The van der Waals surface area contributed by atoms with Crippen molar-refractivity contribution < 1.29 is 15.0 Å². The van der Waals surface area contributed by atoms with Crippen LogP contribution in [0.15, 0.2) is 30.3 Å². The second-order valence-electron chi connectivity index (χ2n) is 6.58. The standard InChI is InChI=1S/C17H22O3/c1-12-7-9-16(15(18)19)10-8-14(17(12,16)20)11-13-5-3-2-4-6-13/h2-6,12,14,20H,7-11H2,1H3,(H,18,19)/t12-,14+,16-,17-/m0/s1. The Balaban J connectivity index is 1.93. The molecule has 3 nitrogen and oxygen atoms in total. The Morgan fingerprint density at radius 1 is 1.25 bits per heavy atom. The Bertz CT molecular complexity index is 512. The van der Waals surface area contributed by atoms with Crippen molar-refractivity contribution in [2.45, 2.75) is 44.6 Å². The molecule has 0 heterocycles. The predicted octanol–water partition coefficient (Wildman–Crippen LogP) is 2.87. The number of carbonyl (C=O) groups is 1. The smallest absolute Gasteiger partial charge is 0.312 e. The fourth-order valence-corrected chi connectivity index (χ4v) is 4.66. The maximum Gasteiger partial charge on any atom is 0.312 e. The molecule has 0 saturated heterocycles. The highest BCUT2D eigenvalue weighted by Gasteiger charge is 2.68. The van der Waals surface area contributed by atoms with Gasteiger partial charge in [-0.25, -0.2) is 0 Å². The molecule has 2 N–H and O–H groups in total. The zero-order chi connectivity index (χ0) is 14.4. The number of fused-ring (bicyclic) bond motifs is 1. The molecule has 3 heteroatoms. The second-order valence-corrected chi connectivity index (χ2v) is 6.58. The number of aliphatic carboxylic acids is 1. The van der Waals surface area contributed by atoms with Gasteiger partial charge in [-0.1, -0.05) is 37.3 Å². The maximum atomic E-state index is 11.8. The number of carboxylic acids is 1. The molecule has 2 aliphatic rings. The molecule has 0 unspecified atom stereocenters. The summed E-state index contributed by atoms with van der Waals surface area (Å²) in [6.45, 7) is 2.01. The van der Waals surface area contributed by atoms with Crippen molar-refractivity contribution in [3.8, 4) is 0 Å². The number of hydrogen-bond donors (Lipinski definition) is 2. The molecule has 20 heavy (non-hydrogen) atoms. The van der Waals surface area contributed by atoms with Crippen molar-refractivity contribution in [3.63, 3.8) is 0 Å². The fourth-order valence-electron chi connectivity index (χ4n) is 4.66. The van der Waals surface area contributed by atoms with Crippen LogP contribution in [-0.4, -0.2) is 21.8 Å². The van der Waals surface area contributed by atoms with Crippen LogP contribution in [0.3, 0.4) is 0 Å². The molecular formula is C17H22O3. The lowest BCUT2D eigenvalue weighted by Gasteiger charge is -2.40. The van der Waals surface area contributed by atoms with Crippen LogP contribution in [0.1, 0.15) is 38.2 Å². The summed E-state index contributed by atoms with van der Waals surface area (Å²) >= 11 is 0. The Morgan fingerprint density at radius 3 is 2.55 bits per heavy atom. The van der Waals surface area contributed by atoms with Crippen LogP contribution in [0.4, 0.5) is 0 Å². The lowest BCUT2D eigenvalue weighted by Crippen LogP contribution is -2.52. The van der Waals surface area contributed by atoms with Gasteiger partial charge >= 0.3 is 5.97 Å². The summed E-state index contributed by atoms with van der Waals surface area (Å²) < 4.78 is 0. The van der Waals surface area contributed by atoms with Crippen molar-refractivity contribution in [1.29, 1.82) is 0 Å². The van der Waals surface area contributed by atoms with Crippen LogP contribution in [0, 0.1) is 17.3 Å². The first-order valence-electron chi connectivity index (χ1n) is 7.50. The molecule has 0 bridgehead atoms. The normalized spacial score (nSPS) is 39.7. The molecule has 0 radical (unpaired) electrons. The van der Waals surface area contributed by atoms with E-state index in [1.807, 2.05) is 25.1 Å². The predicted molar refractivity (Wildman–Crippen MR) is 76.3 cm³/mol. The Morgan fingerprint density at radius 2 is 1.90 bits per heavy atom. The quantitative estimate of drug-likeness (QED) is 0.891. The molecule has 2 saturated carbocycles. The molecule has 0 aromatic heterocycles. The van der Waals surface area contributed by atoms with E-state index in [0.29, 0.717) is 12.8 Å².